The minimum atomic E-state index is 1.05. The molecule has 0 N–H and O–H groups in total. The number of unbranched alkanes of at least 4 members (excludes halogenated alkanes) is 36. The average molecular weight is 1330 g/mol. The van der Waals surface area contributed by atoms with Gasteiger partial charge in [0.2, 0.25) is 0 Å². The Morgan fingerprint density at radius 3 is 0.841 bits per heavy atom. The van der Waals surface area contributed by atoms with E-state index in [0.717, 1.165) is 25.7 Å². The molecule has 0 saturated heterocycles. The molecule has 0 aromatic carbocycles. The van der Waals surface area contributed by atoms with Gasteiger partial charge in [-0.15, -0.1) is 90.7 Å². The van der Waals surface area contributed by atoms with Crippen LogP contribution in [0.4, 0.5) is 0 Å². The number of thiazole rings is 2. The summed E-state index contributed by atoms with van der Waals surface area (Å²) in [7, 11) is 0. The topological polar surface area (TPSA) is 25.8 Å². The van der Waals surface area contributed by atoms with Crippen molar-refractivity contribution in [2.45, 2.75) is 310 Å². The van der Waals surface area contributed by atoms with Gasteiger partial charge in [-0.1, -0.05) is 271 Å². The fraction of sp³-hybridized carbons (Fsp3) is 0.615. The lowest BCUT2D eigenvalue weighted by molar-refractivity contribution is 0.555. The molecule has 8 aromatic rings. The van der Waals surface area contributed by atoms with Crippen LogP contribution in [0.3, 0.4) is 0 Å². The van der Waals surface area contributed by atoms with E-state index < -0.39 is 0 Å². The van der Waals surface area contributed by atoms with Gasteiger partial charge in [-0.3, -0.25) is 0 Å². The van der Waals surface area contributed by atoms with Gasteiger partial charge in [-0.25, -0.2) is 9.97 Å². The first kappa shape index (κ1) is 71.3. The lowest BCUT2D eigenvalue weighted by Gasteiger charge is -2.05. The highest BCUT2D eigenvalue weighted by Gasteiger charge is 2.26. The molecule has 0 aliphatic carbocycles. The minimum absolute atomic E-state index is 1.05. The molecule has 0 radical (unpaired) electrons. The van der Waals surface area contributed by atoms with Crippen LogP contribution in [0.15, 0.2) is 71.4 Å². The predicted octanol–water partition coefficient (Wildman–Crippen LogP) is 30.5. The zero-order chi connectivity index (χ0) is 61.1. The fourth-order valence-electron chi connectivity index (χ4n) is 12.6. The Hall–Kier alpha value is -2.54. The lowest BCUT2D eigenvalue weighted by atomic mass is 10.0. The third-order valence-corrected chi connectivity index (χ3v) is 27.7. The van der Waals surface area contributed by atoms with Crippen molar-refractivity contribution in [3.63, 3.8) is 0 Å². The molecule has 0 aliphatic rings. The van der Waals surface area contributed by atoms with E-state index in [4.69, 9.17) is 9.97 Å². The third-order valence-electron chi connectivity index (χ3n) is 18.0. The van der Waals surface area contributed by atoms with Crippen molar-refractivity contribution < 1.29 is 0 Å². The van der Waals surface area contributed by atoms with Gasteiger partial charge in [0.15, 0.2) is 0 Å². The number of aryl methyl sites for hydroxylation is 4. The van der Waals surface area contributed by atoms with Gasteiger partial charge >= 0.3 is 0 Å². The molecule has 0 spiro atoms. The quantitative estimate of drug-likeness (QED) is 0.0355. The fourth-order valence-corrected chi connectivity index (χ4v) is 21.5. The zero-order valence-electron chi connectivity index (χ0n) is 55.2. The number of hydrogen-bond donors (Lipinski definition) is 0. The molecule has 88 heavy (non-hydrogen) atoms. The van der Waals surface area contributed by atoms with Crippen LogP contribution in [-0.4, -0.2) is 9.97 Å². The molecular weight excluding hydrogens is 1220 g/mol. The Balaban J connectivity index is 1.10. The summed E-state index contributed by atoms with van der Waals surface area (Å²) < 4.78 is 0. The smallest absolute Gasteiger partial charge is 0.134 e. The summed E-state index contributed by atoms with van der Waals surface area (Å²) in [6.45, 7) is 9.31. The zero-order valence-corrected chi connectivity index (χ0v) is 61.7. The van der Waals surface area contributed by atoms with Crippen LogP contribution in [-0.2, 0) is 25.7 Å². The van der Waals surface area contributed by atoms with Crippen molar-refractivity contribution in [2.75, 3.05) is 0 Å². The van der Waals surface area contributed by atoms with Crippen LogP contribution in [0.1, 0.15) is 307 Å². The summed E-state index contributed by atoms with van der Waals surface area (Å²) in [6, 6.07) is 23.6. The van der Waals surface area contributed by atoms with Gasteiger partial charge in [0.25, 0.3) is 0 Å². The summed E-state index contributed by atoms with van der Waals surface area (Å²) in [5, 5.41) is 6.96. The van der Waals surface area contributed by atoms with Gasteiger partial charge in [-0.05, 0) is 122 Å². The molecule has 2 nitrogen and oxygen atoms in total. The Morgan fingerprint density at radius 1 is 0.250 bits per heavy atom. The molecule has 8 heterocycles. The number of thiophene rings is 6. The Kier molecular flexibility index (Phi) is 34.6. The normalized spacial score (nSPS) is 11.8. The second-order valence-electron chi connectivity index (χ2n) is 25.5. The second-order valence-corrected chi connectivity index (χ2v) is 33.7. The first-order valence-electron chi connectivity index (χ1n) is 36.1. The van der Waals surface area contributed by atoms with E-state index in [1.807, 2.05) is 90.7 Å². The number of nitrogens with zero attached hydrogens (tertiary/aromatic N) is 2. The molecule has 0 bridgehead atoms. The Labute approximate surface area is 568 Å². The van der Waals surface area contributed by atoms with Crippen LogP contribution < -0.4 is 0 Å². The van der Waals surface area contributed by atoms with E-state index in [1.54, 1.807) is 0 Å². The van der Waals surface area contributed by atoms with Crippen LogP contribution in [0.2, 0.25) is 0 Å². The van der Waals surface area contributed by atoms with Crippen molar-refractivity contribution in [3.8, 4) is 68.5 Å². The summed E-state index contributed by atoms with van der Waals surface area (Å²) in [6.07, 6.45) is 58.7. The number of rotatable bonds is 51. The van der Waals surface area contributed by atoms with Crippen LogP contribution in [0.25, 0.3) is 68.5 Å². The van der Waals surface area contributed by atoms with E-state index in [9.17, 15) is 0 Å². The van der Waals surface area contributed by atoms with Gasteiger partial charge < -0.3 is 0 Å². The van der Waals surface area contributed by atoms with Crippen LogP contribution in [0.5, 0.6) is 0 Å². The van der Waals surface area contributed by atoms with Gasteiger partial charge in [0, 0.05) is 39.0 Å². The van der Waals surface area contributed by atoms with E-state index in [0.29, 0.717) is 0 Å². The lowest BCUT2D eigenvalue weighted by Crippen LogP contribution is -1.93. The van der Waals surface area contributed by atoms with Crippen molar-refractivity contribution in [3.05, 3.63) is 93.9 Å². The summed E-state index contributed by atoms with van der Waals surface area (Å²) >= 11 is 15.7. The highest BCUT2D eigenvalue weighted by molar-refractivity contribution is 7.31. The molecule has 0 atom stereocenters. The molecule has 0 saturated carbocycles. The second kappa shape index (κ2) is 42.6. The maximum atomic E-state index is 5.92. The Morgan fingerprint density at radius 2 is 0.523 bits per heavy atom. The van der Waals surface area contributed by atoms with Gasteiger partial charge in [-0.2, -0.15) is 0 Å². The monoisotopic (exact) mass is 1330 g/mol. The van der Waals surface area contributed by atoms with E-state index in [1.165, 1.54) is 348 Å². The Bertz CT molecular complexity index is 3020. The molecule has 10 heteroatoms. The molecular formula is C78H112N2S8. The first-order valence-corrected chi connectivity index (χ1v) is 42.8. The summed E-state index contributed by atoms with van der Waals surface area (Å²) in [5.74, 6) is 0. The largest absolute Gasteiger partial charge is 0.240 e. The van der Waals surface area contributed by atoms with Crippen molar-refractivity contribution in [2.24, 2.45) is 0 Å². The highest BCUT2D eigenvalue weighted by atomic mass is 32.1. The third kappa shape index (κ3) is 24.1. The summed E-state index contributed by atoms with van der Waals surface area (Å²) in [4.78, 5) is 28.6. The van der Waals surface area contributed by atoms with E-state index in [2.05, 4.69) is 99.1 Å². The average Bonchev–Trinajstić information content (AvgIpc) is 2.92. The number of hydrogen-bond acceptors (Lipinski definition) is 10. The number of aromatic nitrogens is 2. The van der Waals surface area contributed by atoms with Crippen molar-refractivity contribution >= 4 is 90.7 Å². The molecule has 8 aromatic heterocycles. The van der Waals surface area contributed by atoms with Crippen LogP contribution in [0, 0.1) is 0 Å². The molecule has 0 unspecified atom stereocenters. The molecule has 8 rings (SSSR count). The molecule has 482 valence electrons. The molecule has 0 aliphatic heterocycles. The molecule has 0 amide bonds. The van der Waals surface area contributed by atoms with Crippen molar-refractivity contribution in [1.29, 1.82) is 0 Å². The minimum Gasteiger partial charge on any atom is -0.240 e. The van der Waals surface area contributed by atoms with Gasteiger partial charge in [0.1, 0.15) is 10.0 Å². The highest BCUT2D eigenvalue weighted by Crippen LogP contribution is 2.51. The van der Waals surface area contributed by atoms with Gasteiger partial charge in [0.05, 0.1) is 30.9 Å². The standard InChI is InChI=1S/C78H112N2S8/c1-5-9-13-17-21-25-29-33-37-41-47-61-59-71(66-52-46-58-82-66)85-73(61)77-79-63(49-43-39-35-31-27-23-19-15-11-7-3)75(87-77)76-64(50-44-40-36-32-28-24-20-16-12-8-4)80-78(88-76)74-62(48-42-38-34-30-26-22-18-14-10-6-2)60-72(86-74)70-56-55-69(84-70)68-54-53-67(83-68)65-51-45-57-81-65/h45-46,51-60H,5-44,47-50H2,1-4H3. The van der Waals surface area contributed by atoms with Crippen LogP contribution >= 0.6 is 90.7 Å². The van der Waals surface area contributed by atoms with E-state index >= 15 is 0 Å². The molecule has 0 fully saturated rings. The predicted molar refractivity (Wildman–Crippen MR) is 405 cm³/mol. The maximum absolute atomic E-state index is 5.92. The van der Waals surface area contributed by atoms with Crippen molar-refractivity contribution in [1.82, 2.24) is 9.97 Å². The van der Waals surface area contributed by atoms with E-state index in [-0.39, 0.29) is 0 Å². The summed E-state index contributed by atoms with van der Waals surface area (Å²) in [5.41, 5.74) is 5.72. The maximum Gasteiger partial charge on any atom is 0.134 e. The SMILES string of the molecule is CCCCCCCCCCCCc1cc(-c2cccs2)sc1-c1nc(CCCCCCCCCCCC)c(-c2sc(-c3sc(-c4ccc(-c5ccc(-c6cccs6)s5)s4)cc3CCCCCCCCCCCC)nc2CCCCCCCCCCCC)s1. The first-order chi connectivity index (χ1) is 43.6.